The van der Waals surface area contributed by atoms with Gasteiger partial charge < -0.3 is 4.90 Å². The number of fused-ring (bicyclic) bond motifs is 1. The number of thioether (sulfide) groups is 1. The van der Waals surface area contributed by atoms with Crippen LogP contribution in [0.15, 0.2) is 29.2 Å². The zero-order valence-corrected chi connectivity index (χ0v) is 12.3. The third kappa shape index (κ3) is 2.66. The third-order valence-electron chi connectivity index (χ3n) is 4.21. The van der Waals surface area contributed by atoms with Gasteiger partial charge in [-0.05, 0) is 31.4 Å². The quantitative estimate of drug-likeness (QED) is 0.769. The summed E-state index contributed by atoms with van der Waals surface area (Å²) in [5, 5.41) is 0.586. The van der Waals surface area contributed by atoms with E-state index in [2.05, 4.69) is 30.0 Å². The molecule has 1 fully saturated rings. The van der Waals surface area contributed by atoms with Crippen LogP contribution >= 0.6 is 11.8 Å². The van der Waals surface area contributed by atoms with Crippen molar-refractivity contribution in [3.8, 4) is 0 Å². The van der Waals surface area contributed by atoms with E-state index < -0.39 is 0 Å². The molecule has 102 valence electrons. The molecule has 1 unspecified atom stereocenters. The first-order valence-electron chi connectivity index (χ1n) is 7.33. The monoisotopic (exact) mass is 275 g/mol. The number of nitrogens with zero attached hydrogens (tertiary/aromatic N) is 1. The Hall–Kier alpha value is -0.960. The molecule has 0 N–H and O–H groups in total. The molecular weight excluding hydrogens is 254 g/mol. The van der Waals surface area contributed by atoms with Gasteiger partial charge >= 0.3 is 0 Å². The first-order valence-corrected chi connectivity index (χ1v) is 8.21. The van der Waals surface area contributed by atoms with Gasteiger partial charge in [0.2, 0.25) is 5.91 Å². The lowest BCUT2D eigenvalue weighted by Gasteiger charge is -2.25. The Bertz CT molecular complexity index is 468. The maximum absolute atomic E-state index is 12.7. The van der Waals surface area contributed by atoms with E-state index >= 15 is 0 Å². The van der Waals surface area contributed by atoms with Gasteiger partial charge in [-0.25, -0.2) is 0 Å². The van der Waals surface area contributed by atoms with Crippen molar-refractivity contribution >= 4 is 23.4 Å². The number of amides is 1. The van der Waals surface area contributed by atoms with Gasteiger partial charge in [-0.1, -0.05) is 31.9 Å². The second-order valence-electron chi connectivity index (χ2n) is 5.66. The fraction of sp³-hybridized carbons (Fsp3) is 0.562. The number of rotatable bonds is 1. The van der Waals surface area contributed by atoms with E-state index in [1.165, 1.54) is 17.7 Å². The van der Waals surface area contributed by atoms with Gasteiger partial charge in [-0.2, -0.15) is 0 Å². The molecule has 0 spiro atoms. The van der Waals surface area contributed by atoms with E-state index in [1.54, 1.807) is 0 Å². The molecule has 1 aliphatic carbocycles. The molecule has 3 heteroatoms. The number of anilines is 1. The van der Waals surface area contributed by atoms with Crippen LogP contribution in [0.25, 0.3) is 0 Å². The van der Waals surface area contributed by atoms with Crippen LogP contribution in [-0.2, 0) is 4.79 Å². The number of hydrogen-bond donors (Lipinski definition) is 0. The van der Waals surface area contributed by atoms with Gasteiger partial charge in [0.25, 0.3) is 0 Å². The highest BCUT2D eigenvalue weighted by Gasteiger charge is 2.30. The number of benzene rings is 1. The first-order chi connectivity index (χ1) is 9.25. The first kappa shape index (κ1) is 13.0. The van der Waals surface area contributed by atoms with Gasteiger partial charge in [0.15, 0.2) is 0 Å². The molecule has 3 rings (SSSR count). The molecule has 19 heavy (non-hydrogen) atoms. The van der Waals surface area contributed by atoms with E-state index in [4.69, 9.17) is 0 Å². The van der Waals surface area contributed by atoms with Crippen molar-refractivity contribution in [3.05, 3.63) is 24.3 Å². The van der Waals surface area contributed by atoms with Crippen molar-refractivity contribution in [1.82, 2.24) is 0 Å². The average Bonchev–Trinajstić information content (AvgIpc) is 2.89. The lowest BCUT2D eigenvalue weighted by Crippen LogP contribution is -2.36. The van der Waals surface area contributed by atoms with Gasteiger partial charge in [0.1, 0.15) is 0 Å². The summed E-state index contributed by atoms with van der Waals surface area (Å²) in [6.07, 6.45) is 5.69. The molecule has 0 radical (unpaired) electrons. The predicted octanol–water partition coefficient (Wildman–Crippen LogP) is 4.09. The Morgan fingerprint density at radius 2 is 1.95 bits per heavy atom. The second-order valence-corrected chi connectivity index (χ2v) is 7.14. The second kappa shape index (κ2) is 5.58. The fourth-order valence-electron chi connectivity index (χ4n) is 3.11. The van der Waals surface area contributed by atoms with Crippen LogP contribution in [0, 0.1) is 5.92 Å². The van der Waals surface area contributed by atoms with Crippen molar-refractivity contribution in [2.75, 3.05) is 11.4 Å². The van der Waals surface area contributed by atoms with Gasteiger partial charge in [0, 0.05) is 22.6 Å². The van der Waals surface area contributed by atoms with E-state index in [9.17, 15) is 4.79 Å². The molecule has 1 amide bonds. The van der Waals surface area contributed by atoms with Crippen molar-refractivity contribution < 1.29 is 4.79 Å². The van der Waals surface area contributed by atoms with Crippen molar-refractivity contribution in [3.63, 3.8) is 0 Å². The van der Waals surface area contributed by atoms with Crippen molar-refractivity contribution in [2.24, 2.45) is 5.92 Å². The molecule has 0 saturated heterocycles. The molecule has 2 nitrogen and oxygen atoms in total. The molecular formula is C16H21NOS. The summed E-state index contributed by atoms with van der Waals surface area (Å²) in [5.41, 5.74) is 1.13. The van der Waals surface area contributed by atoms with Crippen LogP contribution in [0.5, 0.6) is 0 Å². The maximum Gasteiger partial charge on any atom is 0.230 e. The average molecular weight is 275 g/mol. The SMILES string of the molecule is CC1CCN(C(=O)C2CCCC2)c2ccccc2S1. The summed E-state index contributed by atoms with van der Waals surface area (Å²) in [6, 6.07) is 8.37. The Morgan fingerprint density at radius 3 is 2.74 bits per heavy atom. The highest BCUT2D eigenvalue weighted by molar-refractivity contribution is 8.00. The summed E-state index contributed by atoms with van der Waals surface area (Å²) in [6.45, 7) is 3.13. The van der Waals surface area contributed by atoms with E-state index in [0.717, 1.165) is 31.5 Å². The van der Waals surface area contributed by atoms with E-state index in [1.807, 2.05) is 17.8 Å². The number of hydrogen-bond acceptors (Lipinski definition) is 2. The summed E-state index contributed by atoms with van der Waals surface area (Å²) < 4.78 is 0. The Kier molecular flexibility index (Phi) is 3.83. The van der Waals surface area contributed by atoms with Crippen LogP contribution in [0.1, 0.15) is 39.0 Å². The van der Waals surface area contributed by atoms with E-state index in [-0.39, 0.29) is 5.92 Å². The fourth-order valence-corrected chi connectivity index (χ4v) is 4.22. The lowest BCUT2D eigenvalue weighted by molar-refractivity contribution is -0.122. The molecule has 2 aliphatic rings. The van der Waals surface area contributed by atoms with Gasteiger partial charge in [-0.15, -0.1) is 11.8 Å². The minimum atomic E-state index is 0.270. The zero-order chi connectivity index (χ0) is 13.2. The van der Waals surface area contributed by atoms with Crippen LogP contribution in [0.4, 0.5) is 5.69 Å². The Labute approximate surface area is 119 Å². The van der Waals surface area contributed by atoms with Crippen LogP contribution < -0.4 is 4.90 Å². The summed E-state index contributed by atoms with van der Waals surface area (Å²) >= 11 is 1.90. The molecule has 1 aromatic carbocycles. The molecule has 1 atom stereocenters. The van der Waals surface area contributed by atoms with Crippen LogP contribution in [0.2, 0.25) is 0 Å². The molecule has 0 aromatic heterocycles. The smallest absolute Gasteiger partial charge is 0.230 e. The van der Waals surface area contributed by atoms with Crippen molar-refractivity contribution in [1.29, 1.82) is 0 Å². The van der Waals surface area contributed by atoms with Gasteiger partial charge in [-0.3, -0.25) is 4.79 Å². The van der Waals surface area contributed by atoms with E-state index in [0.29, 0.717) is 11.2 Å². The molecule has 1 saturated carbocycles. The Balaban J connectivity index is 1.90. The summed E-state index contributed by atoms with van der Waals surface area (Å²) in [4.78, 5) is 16.1. The largest absolute Gasteiger partial charge is 0.311 e. The lowest BCUT2D eigenvalue weighted by atomic mass is 10.1. The summed E-state index contributed by atoms with van der Waals surface area (Å²) in [7, 11) is 0. The topological polar surface area (TPSA) is 20.3 Å². The van der Waals surface area contributed by atoms with Crippen molar-refractivity contribution in [2.45, 2.75) is 49.2 Å². The molecule has 1 heterocycles. The Morgan fingerprint density at radius 1 is 1.21 bits per heavy atom. The highest BCUT2D eigenvalue weighted by atomic mass is 32.2. The standard InChI is InChI=1S/C16H21NOS/c1-12-10-11-17(16(18)13-6-2-3-7-13)14-8-4-5-9-15(14)19-12/h4-5,8-9,12-13H,2-3,6-7,10-11H2,1H3. The van der Waals surface area contributed by atoms with Crippen LogP contribution in [-0.4, -0.2) is 17.7 Å². The number of carbonyl (C=O) groups excluding carboxylic acids is 1. The predicted molar refractivity (Wildman–Crippen MR) is 80.7 cm³/mol. The third-order valence-corrected chi connectivity index (χ3v) is 5.45. The highest BCUT2D eigenvalue weighted by Crippen LogP contribution is 2.39. The molecule has 0 bridgehead atoms. The maximum atomic E-state index is 12.7. The zero-order valence-electron chi connectivity index (χ0n) is 11.5. The normalized spacial score (nSPS) is 24.1. The molecule has 1 aromatic rings. The number of para-hydroxylation sites is 1. The minimum Gasteiger partial charge on any atom is -0.311 e. The van der Waals surface area contributed by atoms with Gasteiger partial charge in [0.05, 0.1) is 5.69 Å². The number of carbonyl (C=O) groups is 1. The summed E-state index contributed by atoms with van der Waals surface area (Å²) in [5.74, 6) is 0.631. The molecule has 1 aliphatic heterocycles. The minimum absolute atomic E-state index is 0.270. The van der Waals surface area contributed by atoms with Crippen LogP contribution in [0.3, 0.4) is 0 Å².